The van der Waals surface area contributed by atoms with Crippen LogP contribution in [0.4, 0.5) is 0 Å². The maximum Gasteiger partial charge on any atom is 0.139 e. The lowest BCUT2D eigenvalue weighted by Gasteiger charge is -2.60. The predicted molar refractivity (Wildman–Crippen MR) is 86.4 cm³/mol. The molecule has 3 unspecified atom stereocenters. The van der Waals surface area contributed by atoms with E-state index in [0.717, 1.165) is 50.4 Å². The smallest absolute Gasteiger partial charge is 0.139 e. The number of Topliss-reactive ketones (excluding diaryl/α,β-unsaturated/α-hetero) is 2. The van der Waals surface area contributed by atoms with Crippen molar-refractivity contribution < 1.29 is 9.59 Å². The Bertz CT molecular complexity index is 510. The second-order valence-corrected chi connectivity index (χ2v) is 8.90. The summed E-state index contributed by atoms with van der Waals surface area (Å²) in [6.45, 7) is 4.62. The van der Waals surface area contributed by atoms with Gasteiger partial charge in [0.15, 0.2) is 0 Å². The van der Waals surface area contributed by atoms with Crippen LogP contribution in [0.1, 0.15) is 78.1 Å². The highest BCUT2D eigenvalue weighted by Gasteiger charge is 2.60. The first-order chi connectivity index (χ1) is 10.5. The van der Waals surface area contributed by atoms with E-state index in [1.165, 1.54) is 25.7 Å². The van der Waals surface area contributed by atoms with Crippen LogP contribution >= 0.6 is 0 Å². The molecule has 0 saturated heterocycles. The minimum atomic E-state index is -0.00653. The first kappa shape index (κ1) is 14.9. The molecule has 0 bridgehead atoms. The molecule has 4 saturated carbocycles. The fourth-order valence-electron chi connectivity index (χ4n) is 7.33. The van der Waals surface area contributed by atoms with E-state index in [0.29, 0.717) is 28.8 Å². The number of carbonyl (C=O) groups excluding carboxylic acids is 2. The molecule has 0 N–H and O–H groups in total. The molecule has 0 aromatic heterocycles. The average molecular weight is 302 g/mol. The third-order valence-electron chi connectivity index (χ3n) is 8.55. The molecule has 2 heteroatoms. The van der Waals surface area contributed by atoms with Gasteiger partial charge in [-0.3, -0.25) is 9.59 Å². The summed E-state index contributed by atoms with van der Waals surface area (Å²) in [5, 5.41) is 0. The molecule has 4 fully saturated rings. The van der Waals surface area contributed by atoms with Crippen LogP contribution in [0.3, 0.4) is 0 Å². The zero-order chi connectivity index (χ0) is 15.5. The van der Waals surface area contributed by atoms with Crippen LogP contribution in [0.25, 0.3) is 0 Å². The molecule has 2 nitrogen and oxygen atoms in total. The summed E-state index contributed by atoms with van der Waals surface area (Å²) in [4.78, 5) is 24.4. The van der Waals surface area contributed by atoms with Gasteiger partial charge in [0.05, 0.1) is 0 Å². The molecule has 0 spiro atoms. The fourth-order valence-corrected chi connectivity index (χ4v) is 7.33. The van der Waals surface area contributed by atoms with Crippen LogP contribution in [-0.2, 0) is 9.59 Å². The third-order valence-corrected chi connectivity index (χ3v) is 8.55. The van der Waals surface area contributed by atoms with Gasteiger partial charge in [0.2, 0.25) is 0 Å². The lowest BCUT2D eigenvalue weighted by Crippen LogP contribution is -2.54. The summed E-state index contributed by atoms with van der Waals surface area (Å²) < 4.78 is 0. The molecule has 4 rings (SSSR count). The highest BCUT2D eigenvalue weighted by molar-refractivity contribution is 5.87. The molecule has 0 radical (unpaired) electrons. The van der Waals surface area contributed by atoms with Crippen molar-refractivity contribution >= 4 is 11.6 Å². The minimum absolute atomic E-state index is 0.00653. The highest BCUT2D eigenvalue weighted by atomic mass is 16.1. The van der Waals surface area contributed by atoms with Crippen molar-refractivity contribution in [3.05, 3.63) is 0 Å². The molecule has 122 valence electrons. The Morgan fingerprint density at radius 2 is 1.82 bits per heavy atom. The molecule has 0 aliphatic heterocycles. The summed E-state index contributed by atoms with van der Waals surface area (Å²) in [5.74, 6) is 3.87. The normalized spacial score (nSPS) is 51.2. The highest BCUT2D eigenvalue weighted by Crippen LogP contribution is 2.66. The lowest BCUT2D eigenvalue weighted by atomic mass is 9.44. The van der Waals surface area contributed by atoms with Crippen molar-refractivity contribution in [3.8, 4) is 0 Å². The topological polar surface area (TPSA) is 34.1 Å². The van der Waals surface area contributed by atoms with E-state index in [-0.39, 0.29) is 5.41 Å². The van der Waals surface area contributed by atoms with Crippen LogP contribution < -0.4 is 0 Å². The monoisotopic (exact) mass is 302 g/mol. The van der Waals surface area contributed by atoms with Crippen molar-refractivity contribution in [1.29, 1.82) is 0 Å². The van der Waals surface area contributed by atoms with E-state index in [1.807, 2.05) is 0 Å². The number of rotatable bonds is 1. The van der Waals surface area contributed by atoms with Crippen LogP contribution in [0.5, 0.6) is 0 Å². The fraction of sp³-hybridized carbons (Fsp3) is 0.900. The van der Waals surface area contributed by atoms with Crippen molar-refractivity contribution in [2.24, 2.45) is 34.5 Å². The van der Waals surface area contributed by atoms with E-state index >= 15 is 0 Å². The first-order valence-electron chi connectivity index (χ1n) is 9.56. The Morgan fingerprint density at radius 3 is 2.59 bits per heavy atom. The summed E-state index contributed by atoms with van der Waals surface area (Å²) in [6, 6.07) is 0. The number of hydrogen-bond donors (Lipinski definition) is 0. The van der Waals surface area contributed by atoms with E-state index in [1.54, 1.807) is 0 Å². The van der Waals surface area contributed by atoms with Crippen LogP contribution in [0.2, 0.25) is 0 Å². The Morgan fingerprint density at radius 1 is 1.00 bits per heavy atom. The van der Waals surface area contributed by atoms with E-state index < -0.39 is 0 Å². The number of ketones is 2. The zero-order valence-corrected chi connectivity index (χ0v) is 14.2. The second kappa shape index (κ2) is 4.92. The molecule has 0 amide bonds. The maximum atomic E-state index is 12.4. The average Bonchev–Trinajstić information content (AvgIpc) is 2.82. The molecular weight excluding hydrogens is 272 g/mol. The Balaban J connectivity index is 1.68. The quantitative estimate of drug-likeness (QED) is 0.711. The summed E-state index contributed by atoms with van der Waals surface area (Å²) >= 11 is 0. The Hall–Kier alpha value is -0.660. The zero-order valence-electron chi connectivity index (χ0n) is 14.2. The summed E-state index contributed by atoms with van der Waals surface area (Å²) in [5.41, 5.74) is 0.414. The molecule has 0 heterocycles. The number of hydrogen-bond acceptors (Lipinski definition) is 2. The van der Waals surface area contributed by atoms with E-state index in [9.17, 15) is 9.59 Å². The molecule has 22 heavy (non-hydrogen) atoms. The van der Waals surface area contributed by atoms with Gasteiger partial charge < -0.3 is 0 Å². The first-order valence-corrected chi connectivity index (χ1v) is 9.56. The number of fused-ring (bicyclic) bond motifs is 5. The molecule has 0 aromatic carbocycles. The lowest BCUT2D eigenvalue weighted by molar-refractivity contribution is -0.147. The molecule has 4 aliphatic rings. The van der Waals surface area contributed by atoms with E-state index in [4.69, 9.17) is 0 Å². The second-order valence-electron chi connectivity index (χ2n) is 8.90. The van der Waals surface area contributed by atoms with Gasteiger partial charge in [-0.05, 0) is 74.0 Å². The standard InChI is InChI=1S/C20H30O2/c1-3-20-11-8-14(21)12-13(20)4-5-15-16-6-7-18(22)19(16,2)10-9-17(15)20/h13,15-17H,3-12H2,1-2H3/t13-,15?,16?,17?,19-,20-/m0/s1. The Kier molecular flexibility index (Phi) is 3.33. The Labute approximate surface area is 134 Å². The van der Waals surface area contributed by atoms with Crippen LogP contribution in [0, 0.1) is 34.5 Å². The largest absolute Gasteiger partial charge is 0.300 e. The van der Waals surface area contributed by atoms with Crippen molar-refractivity contribution in [1.82, 2.24) is 0 Å². The van der Waals surface area contributed by atoms with Crippen molar-refractivity contribution in [2.75, 3.05) is 0 Å². The van der Waals surface area contributed by atoms with Gasteiger partial charge in [0, 0.05) is 24.7 Å². The van der Waals surface area contributed by atoms with Gasteiger partial charge >= 0.3 is 0 Å². The summed E-state index contributed by atoms with van der Waals surface area (Å²) in [6.07, 6.45) is 10.9. The van der Waals surface area contributed by atoms with Gasteiger partial charge in [-0.1, -0.05) is 13.8 Å². The van der Waals surface area contributed by atoms with Gasteiger partial charge in [0.1, 0.15) is 11.6 Å². The van der Waals surface area contributed by atoms with Crippen LogP contribution in [-0.4, -0.2) is 11.6 Å². The molecule has 6 atom stereocenters. The SMILES string of the molecule is CC[C@]12CCC(=O)C[C@@H]1CCC1C2CC[C@]2(C)C(=O)CCC12. The number of carbonyl (C=O) groups is 2. The van der Waals surface area contributed by atoms with Crippen molar-refractivity contribution in [2.45, 2.75) is 78.1 Å². The van der Waals surface area contributed by atoms with Gasteiger partial charge in [-0.25, -0.2) is 0 Å². The molecular formula is C20H30O2. The van der Waals surface area contributed by atoms with Gasteiger partial charge in [-0.15, -0.1) is 0 Å². The molecule has 4 aliphatic carbocycles. The van der Waals surface area contributed by atoms with Crippen molar-refractivity contribution in [3.63, 3.8) is 0 Å². The third kappa shape index (κ3) is 1.79. The minimum Gasteiger partial charge on any atom is -0.300 e. The molecule has 0 aromatic rings. The van der Waals surface area contributed by atoms with Gasteiger partial charge in [-0.2, -0.15) is 0 Å². The maximum absolute atomic E-state index is 12.4. The van der Waals surface area contributed by atoms with Crippen LogP contribution in [0.15, 0.2) is 0 Å². The van der Waals surface area contributed by atoms with E-state index in [2.05, 4.69) is 13.8 Å². The predicted octanol–water partition coefficient (Wildman–Crippen LogP) is 4.56. The summed E-state index contributed by atoms with van der Waals surface area (Å²) in [7, 11) is 0. The van der Waals surface area contributed by atoms with Gasteiger partial charge in [0.25, 0.3) is 0 Å².